The molecule has 0 atom stereocenters. The largest absolute Gasteiger partial charge is 0.337 e. The van der Waals surface area contributed by atoms with E-state index in [9.17, 15) is 9.59 Å². The maximum Gasteiger partial charge on any atom is 0.272 e. The highest BCUT2D eigenvalue weighted by molar-refractivity contribution is 7.12. The molecule has 7 heteroatoms. The quantitative estimate of drug-likeness (QED) is 0.684. The number of amides is 2. The van der Waals surface area contributed by atoms with Crippen molar-refractivity contribution in [1.29, 1.82) is 0 Å². The number of piperazine rings is 1. The van der Waals surface area contributed by atoms with Crippen molar-refractivity contribution in [3.63, 3.8) is 0 Å². The van der Waals surface area contributed by atoms with Crippen molar-refractivity contribution in [2.24, 2.45) is 0 Å². The summed E-state index contributed by atoms with van der Waals surface area (Å²) in [6, 6.07) is 13.7. The number of anilines is 1. The molecule has 1 aliphatic heterocycles. The van der Waals surface area contributed by atoms with Crippen LogP contribution >= 0.6 is 11.3 Å². The smallest absolute Gasteiger partial charge is 0.272 e. The van der Waals surface area contributed by atoms with Gasteiger partial charge in [-0.15, -0.1) is 11.3 Å². The number of aromatic nitrogens is 1. The fourth-order valence-electron chi connectivity index (χ4n) is 3.70. The maximum atomic E-state index is 13.5. The van der Waals surface area contributed by atoms with Gasteiger partial charge in [-0.25, -0.2) is 0 Å². The Morgan fingerprint density at radius 3 is 2.57 bits per heavy atom. The van der Waals surface area contributed by atoms with Gasteiger partial charge in [0.15, 0.2) is 0 Å². The lowest BCUT2D eigenvalue weighted by Crippen LogP contribution is -2.47. The molecule has 3 heterocycles. The van der Waals surface area contributed by atoms with Crippen LogP contribution < -0.4 is 5.32 Å². The molecule has 0 radical (unpaired) electrons. The Hall–Kier alpha value is -2.90. The van der Waals surface area contributed by atoms with Crippen LogP contribution in [0.4, 0.5) is 5.69 Å². The molecule has 2 amide bonds. The molecule has 1 N–H and O–H groups in total. The molecule has 30 heavy (non-hydrogen) atoms. The fraction of sp³-hybridized carbons (Fsp3) is 0.304. The second kappa shape index (κ2) is 8.85. The van der Waals surface area contributed by atoms with Crippen molar-refractivity contribution < 1.29 is 9.59 Å². The highest BCUT2D eigenvalue weighted by Gasteiger charge is 2.26. The Kier molecular flexibility index (Phi) is 6.01. The highest BCUT2D eigenvalue weighted by atomic mass is 32.1. The molecular formula is C23H26N4O2S. The normalized spacial score (nSPS) is 14.7. The lowest BCUT2D eigenvalue weighted by atomic mass is 10.1. The molecule has 4 rings (SSSR count). The van der Waals surface area contributed by atoms with Crippen LogP contribution in [0.25, 0.3) is 0 Å². The van der Waals surface area contributed by atoms with Gasteiger partial charge in [-0.2, -0.15) is 0 Å². The zero-order valence-corrected chi connectivity index (χ0v) is 18.1. The fourth-order valence-corrected chi connectivity index (χ4v) is 4.32. The first-order chi connectivity index (χ1) is 14.5. The first kappa shape index (κ1) is 20.4. The number of thiophene rings is 1. The van der Waals surface area contributed by atoms with Crippen molar-refractivity contribution in [2.45, 2.75) is 13.5 Å². The Bertz CT molecular complexity index is 1030. The molecule has 0 bridgehead atoms. The van der Waals surface area contributed by atoms with Crippen LogP contribution in [0.2, 0.25) is 0 Å². The predicted molar refractivity (Wildman–Crippen MR) is 120 cm³/mol. The molecule has 1 aliphatic rings. The van der Waals surface area contributed by atoms with Gasteiger partial charge in [0.1, 0.15) is 5.69 Å². The number of carbonyl (C=O) groups excluding carboxylic acids is 2. The predicted octanol–water partition coefficient (Wildman–Crippen LogP) is 3.55. The number of benzene rings is 1. The zero-order chi connectivity index (χ0) is 21.1. The van der Waals surface area contributed by atoms with Crippen molar-refractivity contribution in [3.05, 3.63) is 75.7 Å². The lowest BCUT2D eigenvalue weighted by molar-refractivity contribution is 0.0655. The molecule has 0 saturated carbocycles. The minimum absolute atomic E-state index is 0.0396. The van der Waals surface area contributed by atoms with Crippen molar-refractivity contribution in [2.75, 3.05) is 38.5 Å². The van der Waals surface area contributed by atoms with Crippen LogP contribution in [0.1, 0.15) is 31.3 Å². The third kappa shape index (κ3) is 4.47. The van der Waals surface area contributed by atoms with Crippen molar-refractivity contribution in [1.82, 2.24) is 14.4 Å². The summed E-state index contributed by atoms with van der Waals surface area (Å²) in [4.78, 5) is 30.8. The van der Waals surface area contributed by atoms with Crippen LogP contribution in [0.15, 0.2) is 54.0 Å². The third-order valence-electron chi connectivity index (χ3n) is 5.39. The summed E-state index contributed by atoms with van der Waals surface area (Å²) in [5.74, 6) is -0.229. The van der Waals surface area contributed by atoms with E-state index in [4.69, 9.17) is 0 Å². The van der Waals surface area contributed by atoms with Gasteiger partial charge in [-0.1, -0.05) is 35.9 Å². The van der Waals surface area contributed by atoms with E-state index in [0.29, 0.717) is 35.9 Å². The first-order valence-electron chi connectivity index (χ1n) is 10.1. The minimum atomic E-state index is -0.189. The number of nitrogens with one attached hydrogen (secondary N) is 1. The monoisotopic (exact) mass is 422 g/mol. The zero-order valence-electron chi connectivity index (χ0n) is 17.3. The van der Waals surface area contributed by atoms with Crippen molar-refractivity contribution in [3.8, 4) is 0 Å². The average Bonchev–Trinajstić information content (AvgIpc) is 3.39. The van der Waals surface area contributed by atoms with E-state index in [0.717, 1.165) is 18.7 Å². The number of hydrogen-bond donors (Lipinski definition) is 1. The van der Waals surface area contributed by atoms with Crippen LogP contribution in [0.3, 0.4) is 0 Å². The van der Waals surface area contributed by atoms with E-state index in [1.165, 1.54) is 16.9 Å². The van der Waals surface area contributed by atoms with Gasteiger partial charge in [-0.3, -0.25) is 9.59 Å². The summed E-state index contributed by atoms with van der Waals surface area (Å²) in [6.45, 7) is 5.70. The van der Waals surface area contributed by atoms with Crippen LogP contribution in [0.5, 0.6) is 0 Å². The molecule has 6 nitrogen and oxygen atoms in total. The van der Waals surface area contributed by atoms with Crippen LogP contribution in [-0.4, -0.2) is 59.4 Å². The molecule has 1 fully saturated rings. The van der Waals surface area contributed by atoms with E-state index in [1.807, 2.05) is 39.2 Å². The van der Waals surface area contributed by atoms with Gasteiger partial charge in [0.05, 0.1) is 10.6 Å². The lowest BCUT2D eigenvalue weighted by Gasteiger charge is -2.32. The van der Waals surface area contributed by atoms with Gasteiger partial charge in [0, 0.05) is 38.9 Å². The second-order valence-electron chi connectivity index (χ2n) is 7.72. The highest BCUT2D eigenvalue weighted by Crippen LogP contribution is 2.23. The topological polar surface area (TPSA) is 57.6 Å². The SMILES string of the molecule is Cc1cccc(Cn2ccc(NC(=O)c3cccs3)c2C(=O)N2CCN(C)CC2)c1. The van der Waals surface area contributed by atoms with Gasteiger partial charge < -0.3 is 19.7 Å². The van der Waals surface area contributed by atoms with Gasteiger partial charge in [-0.05, 0) is 37.0 Å². The second-order valence-corrected chi connectivity index (χ2v) is 8.67. The number of aryl methyl sites for hydroxylation is 1. The molecule has 0 unspecified atom stereocenters. The van der Waals surface area contributed by atoms with E-state index < -0.39 is 0 Å². The summed E-state index contributed by atoms with van der Waals surface area (Å²) in [6.07, 6.45) is 1.88. The summed E-state index contributed by atoms with van der Waals surface area (Å²) < 4.78 is 1.94. The Labute approximate surface area is 180 Å². The van der Waals surface area contributed by atoms with Crippen LogP contribution in [0, 0.1) is 6.92 Å². The molecule has 2 aromatic heterocycles. The summed E-state index contributed by atoms with van der Waals surface area (Å²) >= 11 is 1.38. The molecule has 1 saturated heterocycles. The number of hydrogen-bond acceptors (Lipinski definition) is 4. The Balaban J connectivity index is 1.64. The summed E-state index contributed by atoms with van der Waals surface area (Å²) in [7, 11) is 2.06. The summed E-state index contributed by atoms with van der Waals surface area (Å²) in [5, 5.41) is 4.82. The minimum Gasteiger partial charge on any atom is -0.337 e. The number of likely N-dealkylation sites (N-methyl/N-ethyl adjacent to an activating group) is 1. The van der Waals surface area contributed by atoms with Gasteiger partial charge >= 0.3 is 0 Å². The number of carbonyl (C=O) groups is 2. The molecule has 0 aliphatic carbocycles. The standard InChI is InChI=1S/C23H26N4O2S/c1-17-5-3-6-18(15-17)16-27-9-8-19(24-22(28)20-7-4-14-30-20)21(27)23(29)26-12-10-25(2)11-13-26/h3-9,14-15H,10-13,16H2,1-2H3,(H,24,28). The maximum absolute atomic E-state index is 13.5. The van der Waals surface area contributed by atoms with E-state index in [1.54, 1.807) is 6.07 Å². The van der Waals surface area contributed by atoms with Crippen LogP contribution in [-0.2, 0) is 6.54 Å². The first-order valence-corrected chi connectivity index (χ1v) is 11.0. The van der Waals surface area contributed by atoms with E-state index in [-0.39, 0.29) is 11.8 Å². The molecule has 3 aromatic rings. The Morgan fingerprint density at radius 2 is 1.87 bits per heavy atom. The van der Waals surface area contributed by atoms with E-state index in [2.05, 4.69) is 42.4 Å². The Morgan fingerprint density at radius 1 is 1.07 bits per heavy atom. The summed E-state index contributed by atoms with van der Waals surface area (Å²) in [5.41, 5.74) is 3.39. The molecule has 156 valence electrons. The number of rotatable bonds is 5. The van der Waals surface area contributed by atoms with Gasteiger partial charge in [0.2, 0.25) is 0 Å². The molecular weight excluding hydrogens is 396 g/mol. The van der Waals surface area contributed by atoms with Gasteiger partial charge in [0.25, 0.3) is 11.8 Å². The van der Waals surface area contributed by atoms with E-state index >= 15 is 0 Å². The third-order valence-corrected chi connectivity index (χ3v) is 6.25. The number of nitrogens with zero attached hydrogens (tertiary/aromatic N) is 3. The van der Waals surface area contributed by atoms with Crippen molar-refractivity contribution >= 4 is 28.8 Å². The molecule has 0 spiro atoms. The molecule has 1 aromatic carbocycles. The average molecular weight is 423 g/mol.